The van der Waals surface area contributed by atoms with Gasteiger partial charge in [-0.3, -0.25) is 0 Å². The molecule has 0 unspecified atom stereocenters. The summed E-state index contributed by atoms with van der Waals surface area (Å²) in [5.74, 6) is 1.74. The highest BCUT2D eigenvalue weighted by Crippen LogP contribution is 2.28. The average molecular weight is 264 g/mol. The number of hydrogen-bond acceptors (Lipinski definition) is 2. The van der Waals surface area contributed by atoms with E-state index in [0.29, 0.717) is 0 Å². The Morgan fingerprint density at radius 1 is 0.600 bits per heavy atom. The van der Waals surface area contributed by atoms with Gasteiger partial charge in [0.15, 0.2) is 0 Å². The van der Waals surface area contributed by atoms with Crippen molar-refractivity contribution in [3.63, 3.8) is 0 Å². The molecule has 0 saturated carbocycles. The minimum absolute atomic E-state index is 0.869. The molecule has 3 rings (SSSR count). The quantitative estimate of drug-likeness (QED) is 0.692. The lowest BCUT2D eigenvalue weighted by atomic mass is 10.0. The summed E-state index contributed by atoms with van der Waals surface area (Å²) in [6.07, 6.45) is 0. The molecule has 0 aliphatic heterocycles. The van der Waals surface area contributed by atoms with E-state index in [0.717, 1.165) is 17.1 Å². The molecule has 0 amide bonds. The minimum Gasteiger partial charge on any atom is -0.497 e. The molecule has 3 aromatic rings. The van der Waals surface area contributed by atoms with Gasteiger partial charge in [-0.2, -0.15) is 0 Å². The summed E-state index contributed by atoms with van der Waals surface area (Å²) in [6.45, 7) is 0. The van der Waals surface area contributed by atoms with Gasteiger partial charge in [0.05, 0.1) is 14.2 Å². The van der Waals surface area contributed by atoms with E-state index in [2.05, 4.69) is 36.4 Å². The topological polar surface area (TPSA) is 18.5 Å². The van der Waals surface area contributed by atoms with Crippen molar-refractivity contribution in [2.45, 2.75) is 0 Å². The zero-order valence-electron chi connectivity index (χ0n) is 11.6. The molecule has 2 heteroatoms. The van der Waals surface area contributed by atoms with Gasteiger partial charge in [-0.1, -0.05) is 30.3 Å². The normalized spacial score (nSPS) is 10.5. The van der Waals surface area contributed by atoms with E-state index in [1.54, 1.807) is 14.2 Å². The Labute approximate surface area is 118 Å². The van der Waals surface area contributed by atoms with Crippen molar-refractivity contribution in [3.05, 3.63) is 60.7 Å². The van der Waals surface area contributed by atoms with Crippen LogP contribution in [0.25, 0.3) is 21.9 Å². The molecule has 0 fully saturated rings. The number of ether oxygens (including phenoxy) is 2. The Morgan fingerprint density at radius 3 is 2.10 bits per heavy atom. The van der Waals surface area contributed by atoms with Gasteiger partial charge < -0.3 is 9.47 Å². The van der Waals surface area contributed by atoms with Gasteiger partial charge in [-0.15, -0.1) is 0 Å². The average Bonchev–Trinajstić information content (AvgIpc) is 2.53. The van der Waals surface area contributed by atoms with E-state index in [1.807, 2.05) is 24.3 Å². The molecule has 20 heavy (non-hydrogen) atoms. The van der Waals surface area contributed by atoms with Crippen LogP contribution in [-0.4, -0.2) is 14.2 Å². The fourth-order valence-electron chi connectivity index (χ4n) is 2.33. The molecule has 100 valence electrons. The van der Waals surface area contributed by atoms with E-state index >= 15 is 0 Å². The second-order valence-corrected chi connectivity index (χ2v) is 4.66. The Bertz CT molecular complexity index is 747. The summed E-state index contributed by atoms with van der Waals surface area (Å²) in [7, 11) is 3.37. The first-order chi connectivity index (χ1) is 9.80. The number of benzene rings is 3. The van der Waals surface area contributed by atoms with Crippen molar-refractivity contribution < 1.29 is 9.47 Å². The number of fused-ring (bicyclic) bond motifs is 1. The van der Waals surface area contributed by atoms with Crippen molar-refractivity contribution in [2.24, 2.45) is 0 Å². The van der Waals surface area contributed by atoms with Gasteiger partial charge in [-0.05, 0) is 52.2 Å². The third-order valence-corrected chi connectivity index (χ3v) is 3.45. The molecule has 0 atom stereocenters. The summed E-state index contributed by atoms with van der Waals surface area (Å²) in [6, 6.07) is 20.6. The summed E-state index contributed by atoms with van der Waals surface area (Å²) in [4.78, 5) is 0. The lowest BCUT2D eigenvalue weighted by Crippen LogP contribution is -1.85. The lowest BCUT2D eigenvalue weighted by molar-refractivity contribution is 0.415. The minimum atomic E-state index is 0.869. The van der Waals surface area contributed by atoms with Crippen LogP contribution in [-0.2, 0) is 0 Å². The molecule has 2 nitrogen and oxygen atoms in total. The zero-order valence-corrected chi connectivity index (χ0v) is 11.6. The van der Waals surface area contributed by atoms with E-state index in [1.165, 1.54) is 16.3 Å². The monoisotopic (exact) mass is 264 g/mol. The third-order valence-electron chi connectivity index (χ3n) is 3.45. The Morgan fingerprint density at radius 2 is 1.30 bits per heavy atom. The Kier molecular flexibility index (Phi) is 3.30. The van der Waals surface area contributed by atoms with Crippen molar-refractivity contribution in [1.29, 1.82) is 0 Å². The lowest BCUT2D eigenvalue weighted by Gasteiger charge is -2.07. The van der Waals surface area contributed by atoms with Gasteiger partial charge in [-0.25, -0.2) is 0 Å². The standard InChI is InChI=1S/C18H16O2/c1-19-17-5-3-4-14(11-17)15-7-6-13-8-9-18(20-2)12-16(13)10-15/h3-12H,1-2H3. The second-order valence-electron chi connectivity index (χ2n) is 4.66. The third kappa shape index (κ3) is 2.32. The molecule has 0 radical (unpaired) electrons. The maximum atomic E-state index is 5.28. The van der Waals surface area contributed by atoms with Gasteiger partial charge in [0.2, 0.25) is 0 Å². The second kappa shape index (κ2) is 5.25. The summed E-state index contributed by atoms with van der Waals surface area (Å²) in [5, 5.41) is 2.38. The molecule has 0 spiro atoms. The fourth-order valence-corrected chi connectivity index (χ4v) is 2.33. The van der Waals surface area contributed by atoms with E-state index < -0.39 is 0 Å². The first kappa shape index (κ1) is 12.5. The maximum absolute atomic E-state index is 5.28. The van der Waals surface area contributed by atoms with Crippen LogP contribution in [0.15, 0.2) is 60.7 Å². The number of methoxy groups -OCH3 is 2. The molecular weight excluding hydrogens is 248 g/mol. The van der Waals surface area contributed by atoms with Crippen LogP contribution in [0.5, 0.6) is 11.5 Å². The number of hydrogen-bond donors (Lipinski definition) is 0. The van der Waals surface area contributed by atoms with Gasteiger partial charge >= 0.3 is 0 Å². The SMILES string of the molecule is COc1cccc(-c2ccc3ccc(OC)cc3c2)c1. The predicted molar refractivity (Wildman–Crippen MR) is 82.5 cm³/mol. The molecule has 0 bridgehead atoms. The van der Waals surface area contributed by atoms with Crippen molar-refractivity contribution in [1.82, 2.24) is 0 Å². The van der Waals surface area contributed by atoms with Crippen molar-refractivity contribution >= 4 is 10.8 Å². The van der Waals surface area contributed by atoms with Crippen molar-refractivity contribution in [2.75, 3.05) is 14.2 Å². The molecule has 0 aliphatic carbocycles. The first-order valence-electron chi connectivity index (χ1n) is 6.52. The smallest absolute Gasteiger partial charge is 0.119 e. The van der Waals surface area contributed by atoms with E-state index in [4.69, 9.17) is 9.47 Å². The largest absolute Gasteiger partial charge is 0.497 e. The molecule has 0 heterocycles. The van der Waals surface area contributed by atoms with Crippen LogP contribution in [0.3, 0.4) is 0 Å². The molecule has 0 aromatic heterocycles. The zero-order chi connectivity index (χ0) is 13.9. The summed E-state index contributed by atoms with van der Waals surface area (Å²) < 4.78 is 10.6. The van der Waals surface area contributed by atoms with Gasteiger partial charge in [0.25, 0.3) is 0 Å². The van der Waals surface area contributed by atoms with E-state index in [-0.39, 0.29) is 0 Å². The highest BCUT2D eigenvalue weighted by molar-refractivity contribution is 5.88. The van der Waals surface area contributed by atoms with Crippen LogP contribution in [0.1, 0.15) is 0 Å². The molecular formula is C18H16O2. The Hall–Kier alpha value is -2.48. The van der Waals surface area contributed by atoms with Crippen LogP contribution in [0, 0.1) is 0 Å². The van der Waals surface area contributed by atoms with Crippen LogP contribution < -0.4 is 9.47 Å². The maximum Gasteiger partial charge on any atom is 0.119 e. The van der Waals surface area contributed by atoms with Crippen LogP contribution in [0.4, 0.5) is 0 Å². The number of rotatable bonds is 3. The first-order valence-corrected chi connectivity index (χ1v) is 6.52. The predicted octanol–water partition coefficient (Wildman–Crippen LogP) is 4.52. The Balaban J connectivity index is 2.11. The fraction of sp³-hybridized carbons (Fsp3) is 0.111. The van der Waals surface area contributed by atoms with Crippen LogP contribution in [0.2, 0.25) is 0 Å². The van der Waals surface area contributed by atoms with Crippen molar-refractivity contribution in [3.8, 4) is 22.6 Å². The highest BCUT2D eigenvalue weighted by atomic mass is 16.5. The van der Waals surface area contributed by atoms with Crippen LogP contribution >= 0.6 is 0 Å². The van der Waals surface area contributed by atoms with Gasteiger partial charge in [0.1, 0.15) is 11.5 Å². The molecule has 0 N–H and O–H groups in total. The highest BCUT2D eigenvalue weighted by Gasteiger charge is 2.02. The van der Waals surface area contributed by atoms with E-state index in [9.17, 15) is 0 Å². The van der Waals surface area contributed by atoms with Gasteiger partial charge in [0, 0.05) is 0 Å². The molecule has 3 aromatic carbocycles. The summed E-state index contributed by atoms with van der Waals surface area (Å²) >= 11 is 0. The summed E-state index contributed by atoms with van der Waals surface area (Å²) in [5.41, 5.74) is 2.32. The molecule has 0 saturated heterocycles. The molecule has 0 aliphatic rings.